The van der Waals surface area contributed by atoms with Crippen LogP contribution in [0.4, 0.5) is 0 Å². The molecule has 13 nitrogen and oxygen atoms in total. The van der Waals surface area contributed by atoms with Crippen LogP contribution in [0.1, 0.15) is 49.2 Å². The molecule has 0 bridgehead atoms. The molecule has 0 spiro atoms. The Bertz CT molecular complexity index is 1310. The summed E-state index contributed by atoms with van der Waals surface area (Å²) in [7, 11) is 1.59. The van der Waals surface area contributed by atoms with Gasteiger partial charge in [-0.2, -0.15) is 0 Å². The van der Waals surface area contributed by atoms with E-state index in [1.165, 1.54) is 0 Å². The first-order valence-corrected chi connectivity index (χ1v) is 13.8. The lowest BCUT2D eigenvalue weighted by Gasteiger charge is -2.43. The van der Waals surface area contributed by atoms with Gasteiger partial charge in [0, 0.05) is 27.7 Å². The Morgan fingerprint density at radius 2 is 1.34 bits per heavy atom. The number of benzene rings is 2. The molecule has 1 heterocycles. The lowest BCUT2D eigenvalue weighted by atomic mass is 9.98. The Morgan fingerprint density at radius 3 is 1.95 bits per heavy atom. The Kier molecular flexibility index (Phi) is 12.7. The Morgan fingerprint density at radius 1 is 0.727 bits per heavy atom. The number of carbonyl (C=O) groups is 5. The van der Waals surface area contributed by atoms with E-state index in [9.17, 15) is 24.0 Å². The highest BCUT2D eigenvalue weighted by molar-refractivity contribution is 5.91. The van der Waals surface area contributed by atoms with Crippen LogP contribution in [-0.4, -0.2) is 80.9 Å². The third-order valence-electron chi connectivity index (χ3n) is 6.35. The van der Waals surface area contributed by atoms with Gasteiger partial charge in [-0.05, 0) is 35.7 Å². The second kappa shape index (κ2) is 16.4. The van der Waals surface area contributed by atoms with Gasteiger partial charge in [-0.3, -0.25) is 19.2 Å². The second-order valence-electron chi connectivity index (χ2n) is 9.78. The molecule has 2 aromatic rings. The predicted octanol–water partition coefficient (Wildman–Crippen LogP) is 2.69. The van der Waals surface area contributed by atoms with Crippen LogP contribution >= 0.6 is 0 Å². The molecule has 1 unspecified atom stereocenters. The van der Waals surface area contributed by atoms with Gasteiger partial charge < -0.3 is 37.9 Å². The molecule has 0 aromatic heterocycles. The number of esters is 5. The Hall–Kier alpha value is -4.49. The SMILES string of the molecule is COc1ccc(COCCc2ccccc2C(=O)OC2O[C@H](COC(C)=O)[C@@H](OC(C)=O)[C@H](OC(C)=O)[C@H]2OC(C)=O)cc1. The van der Waals surface area contributed by atoms with Crippen LogP contribution in [0, 0.1) is 0 Å². The first-order valence-electron chi connectivity index (χ1n) is 13.8. The summed E-state index contributed by atoms with van der Waals surface area (Å²) in [6, 6.07) is 14.1. The zero-order chi connectivity index (χ0) is 32.2. The van der Waals surface area contributed by atoms with Crippen molar-refractivity contribution in [3.8, 4) is 5.75 Å². The fourth-order valence-electron chi connectivity index (χ4n) is 4.48. The van der Waals surface area contributed by atoms with Gasteiger partial charge in [0.25, 0.3) is 0 Å². The first-order chi connectivity index (χ1) is 21.0. The monoisotopic (exact) mass is 616 g/mol. The molecule has 1 saturated heterocycles. The number of rotatable bonds is 13. The smallest absolute Gasteiger partial charge is 0.340 e. The maximum absolute atomic E-state index is 13.5. The van der Waals surface area contributed by atoms with E-state index in [0.29, 0.717) is 18.6 Å². The van der Waals surface area contributed by atoms with Crippen molar-refractivity contribution in [2.24, 2.45) is 0 Å². The number of hydrogen-bond donors (Lipinski definition) is 0. The molecule has 0 saturated carbocycles. The van der Waals surface area contributed by atoms with Crippen LogP contribution in [-0.2, 0) is 65.4 Å². The van der Waals surface area contributed by atoms with Gasteiger partial charge in [-0.15, -0.1) is 0 Å². The van der Waals surface area contributed by atoms with E-state index >= 15 is 0 Å². The van der Waals surface area contributed by atoms with Gasteiger partial charge in [0.1, 0.15) is 18.5 Å². The molecule has 2 aromatic carbocycles. The summed E-state index contributed by atoms with van der Waals surface area (Å²) in [5.74, 6) is -3.16. The molecule has 3 rings (SSSR count). The summed E-state index contributed by atoms with van der Waals surface area (Å²) >= 11 is 0. The maximum Gasteiger partial charge on any atom is 0.340 e. The molecule has 5 atom stereocenters. The summed E-state index contributed by atoms with van der Waals surface area (Å²) in [4.78, 5) is 61.0. The number of hydrogen-bond acceptors (Lipinski definition) is 13. The van der Waals surface area contributed by atoms with Crippen LogP contribution in [0.3, 0.4) is 0 Å². The number of ether oxygens (including phenoxy) is 8. The molecule has 0 amide bonds. The van der Waals surface area contributed by atoms with Crippen molar-refractivity contribution in [3.63, 3.8) is 0 Å². The quantitative estimate of drug-likeness (QED) is 0.184. The highest BCUT2D eigenvalue weighted by Crippen LogP contribution is 2.31. The van der Waals surface area contributed by atoms with E-state index in [0.717, 1.165) is 39.0 Å². The van der Waals surface area contributed by atoms with E-state index in [4.69, 9.17) is 37.9 Å². The minimum absolute atomic E-state index is 0.188. The molecule has 44 heavy (non-hydrogen) atoms. The van der Waals surface area contributed by atoms with E-state index < -0.39 is 67.2 Å². The van der Waals surface area contributed by atoms with E-state index in [-0.39, 0.29) is 12.2 Å². The fraction of sp³-hybridized carbons (Fsp3) is 0.452. The number of methoxy groups -OCH3 is 1. The van der Waals surface area contributed by atoms with E-state index in [2.05, 4.69) is 0 Å². The summed E-state index contributed by atoms with van der Waals surface area (Å²) in [6.07, 6.45) is -6.89. The molecule has 0 N–H and O–H groups in total. The molecule has 238 valence electrons. The normalized spacial score (nSPS) is 21.0. The Labute approximate surface area is 254 Å². The van der Waals surface area contributed by atoms with Crippen molar-refractivity contribution in [1.29, 1.82) is 0 Å². The molecule has 0 aliphatic carbocycles. The third-order valence-corrected chi connectivity index (χ3v) is 6.35. The summed E-state index contributed by atoms with van der Waals surface area (Å²) in [5, 5.41) is 0. The lowest BCUT2D eigenvalue weighted by molar-refractivity contribution is -0.294. The molecule has 1 aliphatic heterocycles. The summed E-state index contributed by atoms with van der Waals surface area (Å²) < 4.78 is 43.6. The third kappa shape index (κ3) is 10.1. The predicted molar refractivity (Wildman–Crippen MR) is 150 cm³/mol. The van der Waals surface area contributed by atoms with Crippen LogP contribution in [0.5, 0.6) is 5.75 Å². The minimum Gasteiger partial charge on any atom is -0.497 e. The summed E-state index contributed by atoms with van der Waals surface area (Å²) in [5.41, 5.74) is 1.74. The van der Waals surface area contributed by atoms with Crippen molar-refractivity contribution in [3.05, 3.63) is 65.2 Å². The van der Waals surface area contributed by atoms with Gasteiger partial charge in [0.2, 0.25) is 12.4 Å². The van der Waals surface area contributed by atoms with Gasteiger partial charge >= 0.3 is 29.8 Å². The van der Waals surface area contributed by atoms with Gasteiger partial charge in [0.15, 0.2) is 12.2 Å². The van der Waals surface area contributed by atoms with Crippen molar-refractivity contribution in [2.75, 3.05) is 20.3 Å². The average Bonchev–Trinajstić information content (AvgIpc) is 2.97. The van der Waals surface area contributed by atoms with Crippen molar-refractivity contribution in [1.82, 2.24) is 0 Å². The van der Waals surface area contributed by atoms with Crippen LogP contribution in [0.15, 0.2) is 48.5 Å². The molecule has 1 aliphatic rings. The highest BCUT2D eigenvalue weighted by Gasteiger charge is 2.53. The van der Waals surface area contributed by atoms with Gasteiger partial charge in [0.05, 0.1) is 25.9 Å². The van der Waals surface area contributed by atoms with Gasteiger partial charge in [-0.1, -0.05) is 30.3 Å². The van der Waals surface area contributed by atoms with Crippen LogP contribution in [0.25, 0.3) is 0 Å². The van der Waals surface area contributed by atoms with Crippen LogP contribution < -0.4 is 4.74 Å². The molecular formula is C31H36O13. The first kappa shape index (κ1) is 34.0. The van der Waals surface area contributed by atoms with E-state index in [1.807, 2.05) is 24.3 Å². The zero-order valence-electron chi connectivity index (χ0n) is 25.1. The molecule has 1 fully saturated rings. The van der Waals surface area contributed by atoms with Crippen LogP contribution in [0.2, 0.25) is 0 Å². The Balaban J connectivity index is 1.80. The summed E-state index contributed by atoms with van der Waals surface area (Å²) in [6.45, 7) is 4.64. The van der Waals surface area contributed by atoms with Crippen molar-refractivity contribution < 1.29 is 61.9 Å². The number of carbonyl (C=O) groups excluding carboxylic acids is 5. The largest absolute Gasteiger partial charge is 0.497 e. The lowest BCUT2D eigenvalue weighted by Crippen LogP contribution is -2.63. The fourth-order valence-corrected chi connectivity index (χ4v) is 4.48. The highest BCUT2D eigenvalue weighted by atomic mass is 16.7. The maximum atomic E-state index is 13.5. The second-order valence-corrected chi connectivity index (χ2v) is 9.78. The average molecular weight is 617 g/mol. The van der Waals surface area contributed by atoms with E-state index in [1.54, 1.807) is 31.4 Å². The molecule has 13 heteroatoms. The zero-order valence-corrected chi connectivity index (χ0v) is 25.1. The van der Waals surface area contributed by atoms with Crippen molar-refractivity contribution in [2.45, 2.75) is 71.4 Å². The topological polar surface area (TPSA) is 159 Å². The molecular weight excluding hydrogens is 580 g/mol. The van der Waals surface area contributed by atoms with Crippen molar-refractivity contribution >= 4 is 29.8 Å². The standard InChI is InChI=1S/C31H36O13/c1-18(32)39-17-26-27(40-19(2)33)28(41-20(3)34)29(42-21(4)35)31(43-26)44-30(36)25-9-7-6-8-23(25)14-15-38-16-22-10-12-24(37-5)13-11-22/h6-13,26-29,31H,14-17H2,1-5H3/t26-,27-,28+,29-,31?/m1/s1. The van der Waals surface area contributed by atoms with Gasteiger partial charge in [-0.25, -0.2) is 4.79 Å². The minimum atomic E-state index is -1.64. The molecule has 0 radical (unpaired) electrons.